The molecule has 1 amide bonds. The van der Waals surface area contributed by atoms with Gasteiger partial charge in [0.05, 0.1) is 4.88 Å². The Morgan fingerprint density at radius 3 is 2.75 bits per heavy atom. The van der Waals surface area contributed by atoms with Crippen LogP contribution in [0.5, 0.6) is 0 Å². The van der Waals surface area contributed by atoms with Gasteiger partial charge in [0.1, 0.15) is 6.04 Å². The van der Waals surface area contributed by atoms with Crippen molar-refractivity contribution in [2.75, 3.05) is 13.7 Å². The van der Waals surface area contributed by atoms with E-state index in [0.717, 1.165) is 19.3 Å². The van der Waals surface area contributed by atoms with E-state index in [1.165, 1.54) is 28.9 Å². The van der Waals surface area contributed by atoms with Gasteiger partial charge in [0, 0.05) is 25.0 Å². The van der Waals surface area contributed by atoms with Gasteiger partial charge in [-0.05, 0) is 42.2 Å². The Bertz CT molecular complexity index is 603. The summed E-state index contributed by atoms with van der Waals surface area (Å²) in [5, 5.41) is 11.8. The highest BCUT2D eigenvalue weighted by atomic mass is 32.1. The van der Waals surface area contributed by atoms with Crippen LogP contribution < -0.4 is 5.32 Å². The zero-order valence-corrected chi connectivity index (χ0v) is 15.7. The molecule has 1 aromatic heterocycles. The number of hydrogen-bond donors (Lipinski definition) is 2. The SMILES string of the molecule is COCCC(NC(=O)c1cc2c(s1)CCC(C(C)(C)C)C2)C(=O)O. The molecule has 134 valence electrons. The highest BCUT2D eigenvalue weighted by molar-refractivity contribution is 7.14. The number of nitrogens with one attached hydrogen (secondary N) is 1. The third kappa shape index (κ3) is 4.57. The van der Waals surface area contributed by atoms with Crippen molar-refractivity contribution >= 4 is 23.2 Å². The number of hydrogen-bond acceptors (Lipinski definition) is 4. The van der Waals surface area contributed by atoms with E-state index in [4.69, 9.17) is 4.74 Å². The summed E-state index contributed by atoms with van der Waals surface area (Å²) in [7, 11) is 1.51. The van der Waals surface area contributed by atoms with Gasteiger partial charge < -0.3 is 15.2 Å². The molecule has 0 saturated carbocycles. The molecule has 1 aliphatic carbocycles. The number of methoxy groups -OCH3 is 1. The lowest BCUT2D eigenvalue weighted by atomic mass is 9.72. The van der Waals surface area contributed by atoms with Crippen LogP contribution in [0.25, 0.3) is 0 Å². The molecule has 0 fully saturated rings. The Hall–Kier alpha value is -1.40. The molecule has 2 unspecified atom stereocenters. The van der Waals surface area contributed by atoms with Crippen LogP contribution in [0.1, 0.15) is 53.7 Å². The van der Waals surface area contributed by atoms with Gasteiger partial charge in [-0.25, -0.2) is 4.79 Å². The number of aliphatic carboxylic acids is 1. The average Bonchev–Trinajstić information content (AvgIpc) is 2.93. The molecule has 1 aromatic rings. The van der Waals surface area contributed by atoms with Crippen molar-refractivity contribution < 1.29 is 19.4 Å². The minimum atomic E-state index is -1.03. The standard InChI is InChI=1S/C18H27NO4S/c1-18(2,3)12-5-6-14-11(9-12)10-15(24-14)16(20)19-13(17(21)22)7-8-23-4/h10,12-13H,5-9H2,1-4H3,(H,19,20)(H,21,22). The summed E-state index contributed by atoms with van der Waals surface area (Å²) < 4.78 is 4.91. The average molecular weight is 353 g/mol. The lowest BCUT2D eigenvalue weighted by Crippen LogP contribution is -2.41. The van der Waals surface area contributed by atoms with Crippen LogP contribution in [0.3, 0.4) is 0 Å². The molecule has 2 atom stereocenters. The first-order valence-electron chi connectivity index (χ1n) is 8.36. The smallest absolute Gasteiger partial charge is 0.326 e. The van der Waals surface area contributed by atoms with Crippen LogP contribution in [0.4, 0.5) is 0 Å². The van der Waals surface area contributed by atoms with E-state index in [0.29, 0.717) is 17.4 Å². The molecule has 6 heteroatoms. The molecule has 0 radical (unpaired) electrons. The second-order valence-electron chi connectivity index (χ2n) is 7.51. The summed E-state index contributed by atoms with van der Waals surface area (Å²) in [5.74, 6) is -0.719. The molecular formula is C18H27NO4S. The van der Waals surface area contributed by atoms with Crippen LogP contribution in [-0.4, -0.2) is 36.7 Å². The maximum absolute atomic E-state index is 12.4. The Kier molecular flexibility index (Phi) is 6.04. The maximum atomic E-state index is 12.4. The second kappa shape index (κ2) is 7.66. The van der Waals surface area contributed by atoms with Crippen LogP contribution >= 0.6 is 11.3 Å². The second-order valence-corrected chi connectivity index (χ2v) is 8.65. The molecule has 5 nitrogen and oxygen atoms in total. The topological polar surface area (TPSA) is 75.6 Å². The number of carboxylic acid groups (broad SMARTS) is 1. The minimum absolute atomic E-state index is 0.259. The molecule has 1 aliphatic rings. The zero-order valence-electron chi connectivity index (χ0n) is 14.8. The molecule has 1 heterocycles. The lowest BCUT2D eigenvalue weighted by molar-refractivity contribution is -0.139. The molecular weight excluding hydrogens is 326 g/mol. The highest BCUT2D eigenvalue weighted by Crippen LogP contribution is 2.40. The third-order valence-electron chi connectivity index (χ3n) is 4.75. The van der Waals surface area contributed by atoms with Crippen molar-refractivity contribution in [1.82, 2.24) is 5.32 Å². The van der Waals surface area contributed by atoms with E-state index >= 15 is 0 Å². The van der Waals surface area contributed by atoms with Gasteiger partial charge in [-0.15, -0.1) is 11.3 Å². The molecule has 2 N–H and O–H groups in total. The molecule has 0 aliphatic heterocycles. The Morgan fingerprint density at radius 2 is 2.17 bits per heavy atom. The molecule has 0 bridgehead atoms. The van der Waals surface area contributed by atoms with Crippen molar-refractivity contribution in [3.8, 4) is 0 Å². The highest BCUT2D eigenvalue weighted by Gasteiger charge is 2.31. The van der Waals surface area contributed by atoms with E-state index in [1.807, 2.05) is 6.07 Å². The van der Waals surface area contributed by atoms with Crippen molar-refractivity contribution in [3.05, 3.63) is 21.4 Å². The largest absolute Gasteiger partial charge is 0.480 e. The number of carboxylic acids is 1. The summed E-state index contributed by atoms with van der Waals surface area (Å²) >= 11 is 1.50. The van der Waals surface area contributed by atoms with E-state index < -0.39 is 12.0 Å². The van der Waals surface area contributed by atoms with Gasteiger partial charge in [0.25, 0.3) is 5.91 Å². The summed E-state index contributed by atoms with van der Waals surface area (Å²) in [5.41, 5.74) is 1.51. The zero-order chi connectivity index (χ0) is 17.9. The fourth-order valence-electron chi connectivity index (χ4n) is 3.10. The molecule has 0 saturated heterocycles. The number of carbonyl (C=O) groups is 2. The number of carbonyl (C=O) groups excluding carboxylic acids is 1. The third-order valence-corrected chi connectivity index (χ3v) is 5.98. The molecule has 2 rings (SSSR count). The van der Waals surface area contributed by atoms with Gasteiger partial charge in [-0.3, -0.25) is 4.79 Å². The fraction of sp³-hybridized carbons (Fsp3) is 0.667. The van der Waals surface area contributed by atoms with Gasteiger partial charge in [0.2, 0.25) is 0 Å². The molecule has 24 heavy (non-hydrogen) atoms. The molecule has 0 spiro atoms. The first kappa shape index (κ1) is 18.9. The first-order valence-corrected chi connectivity index (χ1v) is 9.18. The number of ether oxygens (including phenoxy) is 1. The van der Waals surface area contributed by atoms with Crippen molar-refractivity contribution in [2.24, 2.45) is 11.3 Å². The van der Waals surface area contributed by atoms with Crippen molar-refractivity contribution in [1.29, 1.82) is 0 Å². The Morgan fingerprint density at radius 1 is 1.46 bits per heavy atom. The summed E-state index contributed by atoms with van der Waals surface area (Å²) in [6, 6.07) is 1.03. The number of thiophene rings is 1. The fourth-order valence-corrected chi connectivity index (χ4v) is 4.21. The lowest BCUT2D eigenvalue weighted by Gasteiger charge is -2.33. The predicted octanol–water partition coefficient (Wildman–Crippen LogP) is 3.12. The van der Waals surface area contributed by atoms with Gasteiger partial charge in [-0.2, -0.15) is 0 Å². The number of fused-ring (bicyclic) bond motifs is 1. The quantitative estimate of drug-likeness (QED) is 0.824. The summed E-state index contributed by atoms with van der Waals surface area (Å²) in [4.78, 5) is 25.5. The summed E-state index contributed by atoms with van der Waals surface area (Å²) in [6.07, 6.45) is 3.40. The van der Waals surface area contributed by atoms with Gasteiger partial charge >= 0.3 is 5.97 Å². The predicted molar refractivity (Wildman–Crippen MR) is 94.7 cm³/mol. The molecule has 0 aromatic carbocycles. The maximum Gasteiger partial charge on any atom is 0.326 e. The van der Waals surface area contributed by atoms with E-state index in [2.05, 4.69) is 26.1 Å². The normalized spacial score (nSPS) is 18.8. The van der Waals surface area contributed by atoms with E-state index in [-0.39, 0.29) is 17.7 Å². The van der Waals surface area contributed by atoms with Crippen LogP contribution in [0, 0.1) is 11.3 Å². The summed E-state index contributed by atoms with van der Waals surface area (Å²) in [6.45, 7) is 7.08. The number of amides is 1. The minimum Gasteiger partial charge on any atom is -0.480 e. The number of aryl methyl sites for hydroxylation is 1. The van der Waals surface area contributed by atoms with E-state index in [9.17, 15) is 14.7 Å². The van der Waals surface area contributed by atoms with Gasteiger partial charge in [-0.1, -0.05) is 20.8 Å². The first-order chi connectivity index (χ1) is 11.2. The monoisotopic (exact) mass is 353 g/mol. The number of rotatable bonds is 6. The Labute approximate surface area is 147 Å². The van der Waals surface area contributed by atoms with Crippen molar-refractivity contribution in [2.45, 2.75) is 52.5 Å². The van der Waals surface area contributed by atoms with Crippen molar-refractivity contribution in [3.63, 3.8) is 0 Å². The Balaban J connectivity index is 2.07. The van der Waals surface area contributed by atoms with Crippen LogP contribution in [0.2, 0.25) is 0 Å². The van der Waals surface area contributed by atoms with Gasteiger partial charge in [0.15, 0.2) is 0 Å². The van der Waals surface area contributed by atoms with Crippen LogP contribution in [0.15, 0.2) is 6.07 Å². The van der Waals surface area contributed by atoms with E-state index in [1.54, 1.807) is 0 Å². The van der Waals surface area contributed by atoms with Crippen LogP contribution in [-0.2, 0) is 22.4 Å².